The van der Waals surface area contributed by atoms with E-state index in [-0.39, 0.29) is 0 Å². The van der Waals surface area contributed by atoms with Crippen molar-refractivity contribution in [1.29, 1.82) is 0 Å². The molecular weight excluding hydrogens is 262 g/mol. The highest BCUT2D eigenvalue weighted by Crippen LogP contribution is 2.23. The molecule has 0 saturated heterocycles. The lowest BCUT2D eigenvalue weighted by atomic mass is 10.1. The summed E-state index contributed by atoms with van der Waals surface area (Å²) < 4.78 is 3.98. The molecule has 21 heavy (non-hydrogen) atoms. The summed E-state index contributed by atoms with van der Waals surface area (Å²) in [6.07, 6.45) is 6.75. The van der Waals surface area contributed by atoms with Crippen LogP contribution in [0, 0.1) is 0 Å². The third-order valence-electron chi connectivity index (χ3n) is 4.04. The molecule has 4 rings (SSSR count). The summed E-state index contributed by atoms with van der Waals surface area (Å²) in [6.45, 7) is 1.72. The molecule has 0 amide bonds. The molecule has 1 fully saturated rings. The Hall–Kier alpha value is -2.14. The summed E-state index contributed by atoms with van der Waals surface area (Å²) in [6, 6.07) is 9.47. The van der Waals surface area contributed by atoms with Gasteiger partial charge in [-0.1, -0.05) is 17.3 Å². The van der Waals surface area contributed by atoms with Crippen LogP contribution in [0.15, 0.2) is 36.7 Å². The van der Waals surface area contributed by atoms with Gasteiger partial charge in [0.15, 0.2) is 0 Å². The fourth-order valence-electron chi connectivity index (χ4n) is 2.76. The SMILES string of the molecule is Cn1cc(Cn2ccc3c(CNC4CC4)cccc32)nn1. The molecule has 0 bridgehead atoms. The van der Waals surface area contributed by atoms with Crippen LogP contribution in [0.1, 0.15) is 24.1 Å². The fraction of sp³-hybridized carbons (Fsp3) is 0.375. The number of rotatable bonds is 5. The summed E-state index contributed by atoms with van der Waals surface area (Å²) in [5, 5.41) is 13.1. The van der Waals surface area contributed by atoms with Gasteiger partial charge in [-0.3, -0.25) is 4.68 Å². The van der Waals surface area contributed by atoms with Crippen molar-refractivity contribution in [3.63, 3.8) is 0 Å². The Labute approximate surface area is 123 Å². The number of benzene rings is 1. The van der Waals surface area contributed by atoms with Crippen molar-refractivity contribution in [2.24, 2.45) is 7.05 Å². The first-order valence-corrected chi connectivity index (χ1v) is 7.45. The van der Waals surface area contributed by atoms with E-state index in [9.17, 15) is 0 Å². The van der Waals surface area contributed by atoms with Crippen LogP contribution in [0.2, 0.25) is 0 Å². The fourth-order valence-corrected chi connectivity index (χ4v) is 2.76. The number of hydrogen-bond acceptors (Lipinski definition) is 3. The third-order valence-corrected chi connectivity index (χ3v) is 4.04. The van der Waals surface area contributed by atoms with Crippen molar-refractivity contribution < 1.29 is 0 Å². The van der Waals surface area contributed by atoms with E-state index < -0.39 is 0 Å². The Morgan fingerprint density at radius 3 is 2.95 bits per heavy atom. The second-order valence-corrected chi connectivity index (χ2v) is 5.83. The van der Waals surface area contributed by atoms with Gasteiger partial charge in [-0.15, -0.1) is 5.10 Å². The molecule has 1 saturated carbocycles. The van der Waals surface area contributed by atoms with Gasteiger partial charge in [0.1, 0.15) is 5.69 Å². The smallest absolute Gasteiger partial charge is 0.102 e. The van der Waals surface area contributed by atoms with E-state index in [0.717, 1.165) is 24.8 Å². The highest BCUT2D eigenvalue weighted by molar-refractivity contribution is 5.83. The van der Waals surface area contributed by atoms with Crippen LogP contribution in [0.25, 0.3) is 10.9 Å². The van der Waals surface area contributed by atoms with Crippen LogP contribution in [0.5, 0.6) is 0 Å². The normalized spacial score (nSPS) is 14.9. The molecule has 2 aromatic heterocycles. The van der Waals surface area contributed by atoms with Crippen LogP contribution in [-0.2, 0) is 20.1 Å². The van der Waals surface area contributed by atoms with Crippen molar-refractivity contribution in [2.75, 3.05) is 0 Å². The highest BCUT2D eigenvalue weighted by Gasteiger charge is 2.20. The summed E-state index contributed by atoms with van der Waals surface area (Å²) in [5.41, 5.74) is 3.62. The Kier molecular flexibility index (Phi) is 3.00. The standard InChI is InChI=1S/C16H19N5/c1-20-10-14(18-19-20)11-21-8-7-15-12(3-2-4-16(15)21)9-17-13-5-6-13/h2-4,7-8,10,13,17H,5-6,9,11H2,1H3. The van der Waals surface area contributed by atoms with Crippen LogP contribution in [0.4, 0.5) is 0 Å². The minimum absolute atomic E-state index is 0.738. The summed E-state index contributed by atoms with van der Waals surface area (Å²) in [5.74, 6) is 0. The maximum atomic E-state index is 4.17. The van der Waals surface area contributed by atoms with Gasteiger partial charge in [-0.25, -0.2) is 0 Å². The van der Waals surface area contributed by atoms with Gasteiger partial charge in [0.25, 0.3) is 0 Å². The van der Waals surface area contributed by atoms with Crippen LogP contribution >= 0.6 is 0 Å². The van der Waals surface area contributed by atoms with Gasteiger partial charge in [-0.2, -0.15) is 0 Å². The van der Waals surface area contributed by atoms with Crippen molar-refractivity contribution in [3.05, 3.63) is 47.9 Å². The zero-order valence-electron chi connectivity index (χ0n) is 12.2. The lowest BCUT2D eigenvalue weighted by Gasteiger charge is -2.07. The van der Waals surface area contributed by atoms with E-state index in [1.807, 2.05) is 13.2 Å². The molecule has 108 valence electrons. The molecule has 1 aromatic carbocycles. The molecule has 0 aliphatic heterocycles. The Morgan fingerprint density at radius 1 is 1.29 bits per heavy atom. The number of aryl methyl sites for hydroxylation is 1. The predicted octanol–water partition coefficient (Wildman–Crippen LogP) is 2.07. The van der Waals surface area contributed by atoms with Gasteiger partial charge in [0, 0.05) is 42.9 Å². The second-order valence-electron chi connectivity index (χ2n) is 5.83. The van der Waals surface area contributed by atoms with Gasteiger partial charge >= 0.3 is 0 Å². The maximum Gasteiger partial charge on any atom is 0.102 e. The minimum Gasteiger partial charge on any atom is -0.341 e. The molecule has 1 aliphatic carbocycles. The predicted molar refractivity (Wildman–Crippen MR) is 81.9 cm³/mol. The quantitative estimate of drug-likeness (QED) is 0.779. The molecule has 0 unspecified atom stereocenters. The van der Waals surface area contributed by atoms with Crippen molar-refractivity contribution >= 4 is 10.9 Å². The molecule has 5 heteroatoms. The molecule has 2 heterocycles. The second kappa shape index (κ2) is 5.00. The molecular formula is C16H19N5. The molecule has 1 aliphatic rings. The van der Waals surface area contributed by atoms with E-state index >= 15 is 0 Å². The van der Waals surface area contributed by atoms with Crippen LogP contribution < -0.4 is 5.32 Å². The maximum absolute atomic E-state index is 4.17. The number of nitrogens with zero attached hydrogens (tertiary/aromatic N) is 4. The number of hydrogen-bond donors (Lipinski definition) is 1. The zero-order valence-corrected chi connectivity index (χ0v) is 12.2. The largest absolute Gasteiger partial charge is 0.341 e. The highest BCUT2D eigenvalue weighted by atomic mass is 15.4. The van der Waals surface area contributed by atoms with E-state index in [1.165, 1.54) is 29.3 Å². The van der Waals surface area contributed by atoms with Crippen molar-refractivity contribution in [3.8, 4) is 0 Å². The Bertz CT molecular complexity index is 766. The molecule has 0 atom stereocenters. The lowest BCUT2D eigenvalue weighted by molar-refractivity contribution is 0.691. The first-order chi connectivity index (χ1) is 10.3. The summed E-state index contributed by atoms with van der Waals surface area (Å²) in [7, 11) is 1.89. The number of aromatic nitrogens is 4. The van der Waals surface area contributed by atoms with Crippen molar-refractivity contribution in [1.82, 2.24) is 24.9 Å². The van der Waals surface area contributed by atoms with E-state index in [2.05, 4.69) is 50.7 Å². The average molecular weight is 281 g/mol. The van der Waals surface area contributed by atoms with E-state index in [4.69, 9.17) is 0 Å². The first kappa shape index (κ1) is 12.6. The van der Waals surface area contributed by atoms with Crippen molar-refractivity contribution in [2.45, 2.75) is 32.0 Å². The van der Waals surface area contributed by atoms with Gasteiger partial charge in [-0.05, 0) is 30.5 Å². The monoisotopic (exact) mass is 281 g/mol. The minimum atomic E-state index is 0.738. The molecule has 5 nitrogen and oxygen atoms in total. The van der Waals surface area contributed by atoms with Crippen LogP contribution in [-0.4, -0.2) is 25.6 Å². The third kappa shape index (κ3) is 2.56. The lowest BCUT2D eigenvalue weighted by Crippen LogP contribution is -2.15. The number of fused-ring (bicyclic) bond motifs is 1. The molecule has 0 radical (unpaired) electrons. The number of nitrogens with one attached hydrogen (secondary N) is 1. The Balaban J connectivity index is 1.62. The van der Waals surface area contributed by atoms with Crippen LogP contribution in [0.3, 0.4) is 0 Å². The molecule has 0 spiro atoms. The van der Waals surface area contributed by atoms with Gasteiger partial charge in [0.2, 0.25) is 0 Å². The topological polar surface area (TPSA) is 47.7 Å². The first-order valence-electron chi connectivity index (χ1n) is 7.45. The van der Waals surface area contributed by atoms with Gasteiger partial charge < -0.3 is 9.88 Å². The summed E-state index contributed by atoms with van der Waals surface area (Å²) in [4.78, 5) is 0. The molecule has 1 N–H and O–H groups in total. The van der Waals surface area contributed by atoms with E-state index in [1.54, 1.807) is 4.68 Å². The zero-order chi connectivity index (χ0) is 14.2. The molecule has 3 aromatic rings. The average Bonchev–Trinajstić information content (AvgIpc) is 3.10. The summed E-state index contributed by atoms with van der Waals surface area (Å²) >= 11 is 0. The van der Waals surface area contributed by atoms with Gasteiger partial charge in [0.05, 0.1) is 6.54 Å². The Morgan fingerprint density at radius 2 is 2.19 bits per heavy atom. The van der Waals surface area contributed by atoms with E-state index in [0.29, 0.717) is 0 Å².